The molecule has 8 nitrogen and oxygen atoms in total. The van der Waals surface area contributed by atoms with Crippen LogP contribution < -0.4 is 9.47 Å². The quantitative estimate of drug-likeness (QED) is 0.618. The highest BCUT2D eigenvalue weighted by Crippen LogP contribution is 2.31. The van der Waals surface area contributed by atoms with Crippen LogP contribution in [0.4, 0.5) is 0 Å². The van der Waals surface area contributed by atoms with E-state index in [0.717, 1.165) is 11.3 Å². The number of carbonyl (C=O) groups is 1. The number of nitrogens with zero attached hydrogens (tertiary/aromatic N) is 5. The number of aromatic nitrogens is 4. The number of likely N-dealkylation sites (N-methyl/N-ethyl adjacent to an activating group) is 1. The van der Waals surface area contributed by atoms with E-state index >= 15 is 0 Å². The Labute approximate surface area is 173 Å². The van der Waals surface area contributed by atoms with Crippen LogP contribution in [0.5, 0.6) is 11.5 Å². The number of tetrazole rings is 1. The topological polar surface area (TPSA) is 82.4 Å². The molecular formula is C20H20ClN5O3. The highest BCUT2D eigenvalue weighted by molar-refractivity contribution is 6.33. The fourth-order valence-electron chi connectivity index (χ4n) is 3.06. The zero-order valence-electron chi connectivity index (χ0n) is 15.9. The van der Waals surface area contributed by atoms with E-state index in [2.05, 4.69) is 15.4 Å². The van der Waals surface area contributed by atoms with E-state index < -0.39 is 0 Å². The largest absolute Gasteiger partial charge is 0.486 e. The number of hydrogen-bond acceptors (Lipinski definition) is 6. The summed E-state index contributed by atoms with van der Waals surface area (Å²) in [6, 6.07) is 13.0. The Balaban J connectivity index is 1.44. The van der Waals surface area contributed by atoms with Crippen LogP contribution in [0.3, 0.4) is 0 Å². The lowest BCUT2D eigenvalue weighted by Gasteiger charge is -2.23. The predicted molar refractivity (Wildman–Crippen MR) is 107 cm³/mol. The lowest BCUT2D eigenvalue weighted by atomic mass is 10.1. The Morgan fingerprint density at radius 3 is 2.76 bits per heavy atom. The molecule has 0 N–H and O–H groups in total. The monoisotopic (exact) mass is 413 g/mol. The number of fused-ring (bicyclic) bond motifs is 1. The molecule has 0 radical (unpaired) electrons. The van der Waals surface area contributed by atoms with E-state index in [-0.39, 0.29) is 12.5 Å². The molecular weight excluding hydrogens is 394 g/mol. The Hall–Kier alpha value is -3.13. The molecule has 1 amide bonds. The van der Waals surface area contributed by atoms with Crippen LogP contribution in [0.1, 0.15) is 12.5 Å². The van der Waals surface area contributed by atoms with Gasteiger partial charge in [0.15, 0.2) is 11.5 Å². The van der Waals surface area contributed by atoms with E-state index in [1.165, 1.54) is 4.80 Å². The summed E-state index contributed by atoms with van der Waals surface area (Å²) in [6.45, 7) is 4.01. The van der Waals surface area contributed by atoms with Gasteiger partial charge in [-0.15, -0.1) is 10.2 Å². The van der Waals surface area contributed by atoms with E-state index in [4.69, 9.17) is 21.1 Å². The van der Waals surface area contributed by atoms with Gasteiger partial charge in [-0.2, -0.15) is 4.80 Å². The minimum Gasteiger partial charge on any atom is -0.486 e. The van der Waals surface area contributed by atoms with Gasteiger partial charge in [-0.25, -0.2) is 0 Å². The maximum Gasteiger partial charge on any atom is 0.246 e. The van der Waals surface area contributed by atoms with Crippen LogP contribution in [-0.4, -0.2) is 50.8 Å². The maximum atomic E-state index is 12.8. The molecule has 4 rings (SSSR count). The Bertz CT molecular complexity index is 1020. The van der Waals surface area contributed by atoms with Gasteiger partial charge in [-0.1, -0.05) is 29.8 Å². The minimum atomic E-state index is -0.106. The summed E-state index contributed by atoms with van der Waals surface area (Å²) in [6.07, 6.45) is 0. The molecule has 2 aromatic carbocycles. The van der Waals surface area contributed by atoms with Crippen molar-refractivity contribution in [3.8, 4) is 22.9 Å². The van der Waals surface area contributed by atoms with E-state index in [1.807, 2.05) is 43.3 Å². The number of halogens is 1. The molecule has 0 atom stereocenters. The normalized spacial score (nSPS) is 12.6. The van der Waals surface area contributed by atoms with Gasteiger partial charge >= 0.3 is 0 Å². The SMILES string of the molecule is CCN(Cc1ccc2c(c1)OCCO2)C(=O)Cn1nnc(-c2ccccc2Cl)n1. The molecule has 1 aliphatic heterocycles. The van der Waals surface area contributed by atoms with Gasteiger partial charge in [0.25, 0.3) is 0 Å². The fraction of sp³-hybridized carbons (Fsp3) is 0.300. The summed E-state index contributed by atoms with van der Waals surface area (Å²) in [5, 5.41) is 12.8. The number of rotatable bonds is 6. The van der Waals surface area contributed by atoms with Crippen molar-refractivity contribution in [3.05, 3.63) is 53.1 Å². The van der Waals surface area contributed by atoms with Gasteiger partial charge in [0, 0.05) is 18.7 Å². The van der Waals surface area contributed by atoms with Gasteiger partial charge in [-0.05, 0) is 42.0 Å². The van der Waals surface area contributed by atoms with Gasteiger partial charge in [0.05, 0.1) is 5.02 Å². The molecule has 2 heterocycles. The third kappa shape index (κ3) is 4.32. The minimum absolute atomic E-state index is 0.00412. The zero-order valence-corrected chi connectivity index (χ0v) is 16.7. The molecule has 1 aromatic heterocycles. The Kier molecular flexibility index (Phi) is 5.62. The first kappa shape index (κ1) is 19.2. The van der Waals surface area contributed by atoms with Gasteiger partial charge < -0.3 is 14.4 Å². The van der Waals surface area contributed by atoms with Crippen LogP contribution in [0.15, 0.2) is 42.5 Å². The molecule has 3 aromatic rings. The van der Waals surface area contributed by atoms with Crippen molar-refractivity contribution >= 4 is 17.5 Å². The molecule has 29 heavy (non-hydrogen) atoms. The summed E-state index contributed by atoms with van der Waals surface area (Å²) in [5.41, 5.74) is 1.64. The molecule has 0 saturated heterocycles. The van der Waals surface area contributed by atoms with Crippen molar-refractivity contribution in [2.75, 3.05) is 19.8 Å². The zero-order chi connectivity index (χ0) is 20.2. The van der Waals surface area contributed by atoms with E-state index in [9.17, 15) is 4.79 Å². The Morgan fingerprint density at radius 2 is 1.97 bits per heavy atom. The van der Waals surface area contributed by atoms with Crippen molar-refractivity contribution in [1.82, 2.24) is 25.1 Å². The van der Waals surface area contributed by atoms with Crippen LogP contribution in [0, 0.1) is 0 Å². The maximum absolute atomic E-state index is 12.8. The molecule has 0 bridgehead atoms. The lowest BCUT2D eigenvalue weighted by Crippen LogP contribution is -2.33. The molecule has 0 fully saturated rings. The lowest BCUT2D eigenvalue weighted by molar-refractivity contribution is -0.132. The van der Waals surface area contributed by atoms with Crippen molar-refractivity contribution in [2.24, 2.45) is 0 Å². The molecule has 0 aliphatic carbocycles. The van der Waals surface area contributed by atoms with E-state index in [0.29, 0.717) is 48.5 Å². The average molecular weight is 414 g/mol. The summed E-state index contributed by atoms with van der Waals surface area (Å²) in [4.78, 5) is 15.8. The molecule has 150 valence electrons. The van der Waals surface area contributed by atoms with Crippen LogP contribution >= 0.6 is 11.6 Å². The van der Waals surface area contributed by atoms with Crippen LogP contribution in [-0.2, 0) is 17.9 Å². The third-order valence-electron chi connectivity index (χ3n) is 4.56. The van der Waals surface area contributed by atoms with Crippen LogP contribution in [0.2, 0.25) is 5.02 Å². The smallest absolute Gasteiger partial charge is 0.246 e. The number of amides is 1. The predicted octanol–water partition coefficient (Wildman–Crippen LogP) is 2.81. The second kappa shape index (κ2) is 8.48. The molecule has 0 saturated carbocycles. The first-order valence-electron chi connectivity index (χ1n) is 9.33. The number of carbonyl (C=O) groups excluding carboxylic acids is 1. The summed E-state index contributed by atoms with van der Waals surface area (Å²) < 4.78 is 11.2. The van der Waals surface area contributed by atoms with E-state index in [1.54, 1.807) is 11.0 Å². The van der Waals surface area contributed by atoms with Gasteiger partial charge in [0.2, 0.25) is 11.7 Å². The van der Waals surface area contributed by atoms with Crippen molar-refractivity contribution in [1.29, 1.82) is 0 Å². The van der Waals surface area contributed by atoms with Crippen molar-refractivity contribution in [3.63, 3.8) is 0 Å². The van der Waals surface area contributed by atoms with Crippen molar-refractivity contribution < 1.29 is 14.3 Å². The number of benzene rings is 2. The standard InChI is InChI=1S/C20H20ClN5O3/c1-2-25(12-14-7-8-17-18(11-14)29-10-9-28-17)19(27)13-26-23-20(22-24-26)15-5-3-4-6-16(15)21/h3-8,11H,2,9-10,12-13H2,1H3. The Morgan fingerprint density at radius 1 is 1.17 bits per heavy atom. The molecule has 1 aliphatic rings. The summed E-state index contributed by atoms with van der Waals surface area (Å²) in [5.74, 6) is 1.72. The average Bonchev–Trinajstić information content (AvgIpc) is 3.20. The van der Waals surface area contributed by atoms with Gasteiger partial charge in [-0.3, -0.25) is 4.79 Å². The fourth-order valence-corrected chi connectivity index (χ4v) is 3.28. The molecule has 0 spiro atoms. The van der Waals surface area contributed by atoms with Crippen LogP contribution in [0.25, 0.3) is 11.4 Å². The summed E-state index contributed by atoms with van der Waals surface area (Å²) in [7, 11) is 0. The first-order chi connectivity index (χ1) is 14.1. The summed E-state index contributed by atoms with van der Waals surface area (Å²) >= 11 is 6.18. The highest BCUT2D eigenvalue weighted by Gasteiger charge is 2.18. The second-order valence-corrected chi connectivity index (χ2v) is 6.92. The number of ether oxygens (including phenoxy) is 2. The second-order valence-electron chi connectivity index (χ2n) is 6.51. The molecule has 0 unspecified atom stereocenters. The van der Waals surface area contributed by atoms with Crippen molar-refractivity contribution in [2.45, 2.75) is 20.0 Å². The number of hydrogen-bond donors (Lipinski definition) is 0. The van der Waals surface area contributed by atoms with Gasteiger partial charge in [0.1, 0.15) is 19.8 Å². The molecule has 9 heteroatoms. The highest BCUT2D eigenvalue weighted by atomic mass is 35.5. The first-order valence-corrected chi connectivity index (χ1v) is 9.71. The third-order valence-corrected chi connectivity index (χ3v) is 4.89.